The second-order valence-electron chi connectivity index (χ2n) is 6.13. The van der Waals surface area contributed by atoms with Crippen molar-refractivity contribution >= 4 is 23.7 Å². The van der Waals surface area contributed by atoms with Crippen LogP contribution in [0.1, 0.15) is 52.3 Å². The van der Waals surface area contributed by atoms with Gasteiger partial charge in [-0.3, -0.25) is 10.1 Å². The number of carbonyl (C=O) groups is 2. The summed E-state index contributed by atoms with van der Waals surface area (Å²) in [5.74, 6) is 0.622. The standard InChI is InChI=1S/C13H20N4O3S/c1-7(9(18)14-11(19)15-13(2,3)4)21-12-17-16-10(20-12)8-5-6-8/h7-8H,5-6H2,1-4H3,(H2,14,15,18,19)/t7-/m1/s1. The third-order valence-corrected chi connectivity index (χ3v) is 3.66. The Morgan fingerprint density at radius 1 is 1.33 bits per heavy atom. The van der Waals surface area contributed by atoms with Crippen molar-refractivity contribution < 1.29 is 14.0 Å². The molecule has 0 saturated heterocycles. The molecule has 1 aliphatic rings. The van der Waals surface area contributed by atoms with Crippen LogP contribution in [0.2, 0.25) is 0 Å². The molecule has 0 aliphatic heterocycles. The lowest BCUT2D eigenvalue weighted by molar-refractivity contribution is -0.119. The molecule has 0 spiro atoms. The van der Waals surface area contributed by atoms with Crippen molar-refractivity contribution in [1.82, 2.24) is 20.8 Å². The summed E-state index contributed by atoms with van der Waals surface area (Å²) in [7, 11) is 0. The van der Waals surface area contributed by atoms with E-state index in [2.05, 4.69) is 20.8 Å². The van der Waals surface area contributed by atoms with Crippen molar-refractivity contribution in [2.75, 3.05) is 0 Å². The number of imide groups is 1. The molecule has 116 valence electrons. The molecule has 3 amide bonds. The number of carbonyl (C=O) groups excluding carboxylic acids is 2. The third kappa shape index (κ3) is 5.04. The lowest BCUT2D eigenvalue weighted by Crippen LogP contribution is -2.49. The molecule has 7 nitrogen and oxygen atoms in total. The Hall–Kier alpha value is -1.57. The molecule has 1 heterocycles. The molecule has 8 heteroatoms. The smallest absolute Gasteiger partial charge is 0.321 e. The van der Waals surface area contributed by atoms with Crippen molar-refractivity contribution in [3.63, 3.8) is 0 Å². The van der Waals surface area contributed by atoms with Crippen LogP contribution in [-0.2, 0) is 4.79 Å². The first-order valence-electron chi connectivity index (χ1n) is 6.87. The molecule has 2 N–H and O–H groups in total. The maximum atomic E-state index is 11.9. The van der Waals surface area contributed by atoms with Gasteiger partial charge in [0.2, 0.25) is 11.8 Å². The number of aromatic nitrogens is 2. The summed E-state index contributed by atoms with van der Waals surface area (Å²) in [6, 6.07) is -0.510. The number of thioether (sulfide) groups is 1. The molecule has 1 atom stereocenters. The fourth-order valence-corrected chi connectivity index (χ4v) is 2.24. The zero-order valence-electron chi connectivity index (χ0n) is 12.6. The van der Waals surface area contributed by atoms with Gasteiger partial charge in [-0.25, -0.2) is 4.79 Å². The summed E-state index contributed by atoms with van der Waals surface area (Å²) >= 11 is 1.15. The van der Waals surface area contributed by atoms with Crippen LogP contribution in [0.5, 0.6) is 0 Å². The maximum Gasteiger partial charge on any atom is 0.321 e. The van der Waals surface area contributed by atoms with Crippen LogP contribution in [0.25, 0.3) is 0 Å². The average Bonchev–Trinajstić information content (AvgIpc) is 3.08. The predicted molar refractivity (Wildman–Crippen MR) is 78.0 cm³/mol. The van der Waals surface area contributed by atoms with Gasteiger partial charge < -0.3 is 9.73 Å². The van der Waals surface area contributed by atoms with E-state index in [1.54, 1.807) is 6.92 Å². The van der Waals surface area contributed by atoms with Gasteiger partial charge in [-0.15, -0.1) is 10.2 Å². The summed E-state index contributed by atoms with van der Waals surface area (Å²) in [5, 5.41) is 12.7. The van der Waals surface area contributed by atoms with Crippen LogP contribution < -0.4 is 10.6 Å². The van der Waals surface area contributed by atoms with Crippen molar-refractivity contribution in [1.29, 1.82) is 0 Å². The van der Waals surface area contributed by atoms with Crippen LogP contribution in [0, 0.1) is 0 Å². The van der Waals surface area contributed by atoms with E-state index in [9.17, 15) is 9.59 Å². The Morgan fingerprint density at radius 2 is 2.00 bits per heavy atom. The van der Waals surface area contributed by atoms with Gasteiger partial charge in [0.25, 0.3) is 5.22 Å². The molecule has 0 bridgehead atoms. The Labute approximate surface area is 127 Å². The van der Waals surface area contributed by atoms with Crippen molar-refractivity contribution in [3.8, 4) is 0 Å². The van der Waals surface area contributed by atoms with Crippen LogP contribution in [0.3, 0.4) is 0 Å². The molecule has 1 aromatic rings. The highest BCUT2D eigenvalue weighted by atomic mass is 32.2. The topological polar surface area (TPSA) is 97.1 Å². The second kappa shape index (κ2) is 6.05. The van der Waals surface area contributed by atoms with Crippen LogP contribution in [0.15, 0.2) is 9.64 Å². The van der Waals surface area contributed by atoms with E-state index in [4.69, 9.17) is 4.42 Å². The van der Waals surface area contributed by atoms with Gasteiger partial charge in [0.15, 0.2) is 0 Å². The molecule has 1 fully saturated rings. The molecule has 1 aromatic heterocycles. The lowest BCUT2D eigenvalue weighted by Gasteiger charge is -2.20. The molecule has 2 rings (SSSR count). The highest BCUT2D eigenvalue weighted by Gasteiger charge is 2.30. The maximum absolute atomic E-state index is 11.9. The van der Waals surface area contributed by atoms with Crippen LogP contribution in [-0.4, -0.2) is 32.9 Å². The first kappa shape index (κ1) is 15.8. The second-order valence-corrected chi connectivity index (χ2v) is 7.43. The summed E-state index contributed by atoms with van der Waals surface area (Å²) in [4.78, 5) is 23.5. The third-order valence-electron chi connectivity index (χ3n) is 2.72. The Kier molecular flexibility index (Phi) is 4.55. The minimum Gasteiger partial charge on any atom is -0.416 e. The fraction of sp³-hybridized carbons (Fsp3) is 0.692. The van der Waals surface area contributed by atoms with E-state index in [1.165, 1.54) is 0 Å². The van der Waals surface area contributed by atoms with E-state index >= 15 is 0 Å². The first-order valence-corrected chi connectivity index (χ1v) is 7.75. The summed E-state index contributed by atoms with van der Waals surface area (Å²) in [6.07, 6.45) is 2.16. The lowest BCUT2D eigenvalue weighted by atomic mass is 10.1. The summed E-state index contributed by atoms with van der Waals surface area (Å²) in [6.45, 7) is 7.21. The quantitative estimate of drug-likeness (QED) is 0.826. The zero-order chi connectivity index (χ0) is 15.6. The van der Waals surface area contributed by atoms with Gasteiger partial charge in [0.1, 0.15) is 0 Å². The van der Waals surface area contributed by atoms with E-state index in [0.717, 1.165) is 24.6 Å². The SMILES string of the molecule is C[C@@H](Sc1nnc(C2CC2)o1)C(=O)NC(=O)NC(C)(C)C. The minimum atomic E-state index is -0.510. The molecule has 0 aromatic carbocycles. The van der Waals surface area contributed by atoms with E-state index in [0.29, 0.717) is 17.0 Å². The monoisotopic (exact) mass is 312 g/mol. The molecular weight excluding hydrogens is 292 g/mol. The summed E-state index contributed by atoms with van der Waals surface area (Å²) < 4.78 is 5.47. The fourth-order valence-electron chi connectivity index (χ4n) is 1.55. The molecule has 1 saturated carbocycles. The molecule has 1 aliphatic carbocycles. The number of rotatable bonds is 4. The summed E-state index contributed by atoms with van der Waals surface area (Å²) in [5.41, 5.74) is -0.396. The van der Waals surface area contributed by atoms with Gasteiger partial charge >= 0.3 is 6.03 Å². The zero-order valence-corrected chi connectivity index (χ0v) is 13.4. The molecule has 0 unspecified atom stereocenters. The van der Waals surface area contributed by atoms with E-state index in [-0.39, 0.29) is 0 Å². The molecule has 0 radical (unpaired) electrons. The van der Waals surface area contributed by atoms with Crippen LogP contribution in [0.4, 0.5) is 4.79 Å². The van der Waals surface area contributed by atoms with Crippen molar-refractivity contribution in [2.45, 2.75) is 62.5 Å². The largest absolute Gasteiger partial charge is 0.416 e. The average molecular weight is 312 g/mol. The van der Waals surface area contributed by atoms with E-state index in [1.807, 2.05) is 20.8 Å². The van der Waals surface area contributed by atoms with E-state index < -0.39 is 22.7 Å². The number of nitrogens with one attached hydrogen (secondary N) is 2. The molecule has 21 heavy (non-hydrogen) atoms. The number of hydrogen-bond donors (Lipinski definition) is 2. The predicted octanol–water partition coefficient (Wildman–Crippen LogP) is 2.05. The van der Waals surface area contributed by atoms with Crippen LogP contribution >= 0.6 is 11.8 Å². The Morgan fingerprint density at radius 3 is 2.57 bits per heavy atom. The normalized spacial score (nSPS) is 16.4. The highest BCUT2D eigenvalue weighted by Crippen LogP contribution is 2.40. The number of urea groups is 1. The van der Waals surface area contributed by atoms with Gasteiger partial charge in [-0.05, 0) is 40.5 Å². The van der Waals surface area contributed by atoms with Crippen molar-refractivity contribution in [2.24, 2.45) is 0 Å². The van der Waals surface area contributed by atoms with Gasteiger partial charge in [0, 0.05) is 11.5 Å². The number of nitrogens with zero attached hydrogens (tertiary/aromatic N) is 2. The number of hydrogen-bond acceptors (Lipinski definition) is 6. The van der Waals surface area contributed by atoms with Crippen molar-refractivity contribution in [3.05, 3.63) is 5.89 Å². The minimum absolute atomic E-state index is 0.357. The Bertz CT molecular complexity index is 534. The van der Waals surface area contributed by atoms with Gasteiger partial charge in [0.05, 0.1) is 5.25 Å². The highest BCUT2D eigenvalue weighted by molar-refractivity contribution is 8.00. The number of amides is 3. The Balaban J connectivity index is 1.82. The molecular formula is C13H20N4O3S. The van der Waals surface area contributed by atoms with Gasteiger partial charge in [-0.2, -0.15) is 0 Å². The first-order chi connectivity index (χ1) is 9.74. The van der Waals surface area contributed by atoms with Gasteiger partial charge in [-0.1, -0.05) is 11.8 Å².